The van der Waals surface area contributed by atoms with E-state index in [1.165, 1.54) is 11.8 Å². The lowest BCUT2D eigenvalue weighted by Crippen LogP contribution is -2.21. The normalized spacial score (nSPS) is 16.2. The summed E-state index contributed by atoms with van der Waals surface area (Å²) in [4.78, 5) is 30.6. The molecule has 0 unspecified atom stereocenters. The van der Waals surface area contributed by atoms with Crippen molar-refractivity contribution < 1.29 is 9.59 Å². The van der Waals surface area contributed by atoms with Gasteiger partial charge >= 0.3 is 0 Å². The third kappa shape index (κ3) is 4.70. The standard InChI is InChI=1S/C20H20ClN3O2S/c1-12-4-7-14(10-16(12)21)22-18(25)11-17-19(26)23-20(27-17)13-5-8-15(9-6-13)24(2)3/h4-10,17H,11H2,1-3H3,(H,22,25)/t17-/m0/s1. The average Bonchev–Trinajstić information content (AvgIpc) is 2.99. The Bertz CT molecular complexity index is 910. The van der Waals surface area contributed by atoms with Crippen LogP contribution in [0.4, 0.5) is 11.4 Å². The number of anilines is 2. The molecule has 0 bridgehead atoms. The maximum absolute atomic E-state index is 12.3. The largest absolute Gasteiger partial charge is 0.378 e. The fourth-order valence-electron chi connectivity index (χ4n) is 2.60. The van der Waals surface area contributed by atoms with Gasteiger partial charge in [0, 0.05) is 42.5 Å². The molecule has 3 rings (SSSR count). The van der Waals surface area contributed by atoms with Crippen molar-refractivity contribution in [3.63, 3.8) is 0 Å². The maximum atomic E-state index is 12.3. The summed E-state index contributed by atoms with van der Waals surface area (Å²) in [7, 11) is 3.94. The number of amides is 2. The van der Waals surface area contributed by atoms with Crippen LogP contribution in [0.1, 0.15) is 17.5 Å². The van der Waals surface area contributed by atoms with Gasteiger partial charge in [-0.2, -0.15) is 0 Å². The fourth-order valence-corrected chi connectivity index (χ4v) is 3.85. The van der Waals surface area contributed by atoms with E-state index >= 15 is 0 Å². The van der Waals surface area contributed by atoms with Gasteiger partial charge in [-0.1, -0.05) is 41.6 Å². The van der Waals surface area contributed by atoms with E-state index < -0.39 is 5.25 Å². The molecule has 27 heavy (non-hydrogen) atoms. The molecular weight excluding hydrogens is 382 g/mol. The second-order valence-electron chi connectivity index (χ2n) is 6.52. The van der Waals surface area contributed by atoms with Crippen molar-refractivity contribution in [2.45, 2.75) is 18.6 Å². The number of thioether (sulfide) groups is 1. The molecular formula is C20H20ClN3O2S. The van der Waals surface area contributed by atoms with Crippen LogP contribution in [0.2, 0.25) is 5.02 Å². The smallest absolute Gasteiger partial charge is 0.260 e. The average molecular weight is 402 g/mol. The number of halogens is 1. The molecule has 5 nitrogen and oxygen atoms in total. The predicted molar refractivity (Wildman–Crippen MR) is 113 cm³/mol. The zero-order chi connectivity index (χ0) is 19.6. The van der Waals surface area contributed by atoms with Gasteiger partial charge in [0.15, 0.2) is 0 Å². The first-order valence-electron chi connectivity index (χ1n) is 8.46. The molecule has 2 amide bonds. The van der Waals surface area contributed by atoms with Crippen molar-refractivity contribution in [3.8, 4) is 0 Å². The molecule has 0 saturated carbocycles. The van der Waals surface area contributed by atoms with E-state index in [1.54, 1.807) is 12.1 Å². The lowest BCUT2D eigenvalue weighted by Gasteiger charge is -2.12. The first-order chi connectivity index (χ1) is 12.8. The van der Waals surface area contributed by atoms with Gasteiger partial charge in [0.1, 0.15) is 10.3 Å². The van der Waals surface area contributed by atoms with E-state index in [0.717, 1.165) is 16.8 Å². The van der Waals surface area contributed by atoms with E-state index in [9.17, 15) is 9.59 Å². The van der Waals surface area contributed by atoms with Crippen LogP contribution in [0, 0.1) is 6.92 Å². The lowest BCUT2D eigenvalue weighted by atomic mass is 10.2. The van der Waals surface area contributed by atoms with Crippen molar-refractivity contribution in [3.05, 3.63) is 58.6 Å². The molecule has 7 heteroatoms. The highest BCUT2D eigenvalue weighted by Crippen LogP contribution is 2.30. The van der Waals surface area contributed by atoms with Gasteiger partial charge in [0.05, 0.1) is 0 Å². The highest BCUT2D eigenvalue weighted by atomic mass is 35.5. The SMILES string of the molecule is Cc1ccc(NC(=O)C[C@@H]2SC(c3ccc(N(C)C)cc3)=NC2=O)cc1Cl. The Morgan fingerprint density at radius 1 is 1.22 bits per heavy atom. The van der Waals surface area contributed by atoms with E-state index in [-0.39, 0.29) is 18.2 Å². The second-order valence-corrected chi connectivity index (χ2v) is 8.12. The number of carbonyl (C=O) groups is 2. The third-order valence-electron chi connectivity index (χ3n) is 4.20. The van der Waals surface area contributed by atoms with Crippen LogP contribution in [0.3, 0.4) is 0 Å². The minimum absolute atomic E-state index is 0.0672. The molecule has 140 valence electrons. The molecule has 1 heterocycles. The summed E-state index contributed by atoms with van der Waals surface area (Å²) in [5.74, 6) is -0.510. The topological polar surface area (TPSA) is 61.8 Å². The number of rotatable bonds is 5. The van der Waals surface area contributed by atoms with Crippen LogP contribution in [0.15, 0.2) is 47.5 Å². The minimum Gasteiger partial charge on any atom is -0.378 e. The quantitative estimate of drug-likeness (QED) is 0.818. The number of aliphatic imine (C=N–C) groups is 1. The van der Waals surface area contributed by atoms with Gasteiger partial charge in [-0.05, 0) is 36.8 Å². The summed E-state index contributed by atoms with van der Waals surface area (Å²) in [6, 6.07) is 13.2. The van der Waals surface area contributed by atoms with Gasteiger partial charge in [0.2, 0.25) is 5.91 Å². The van der Waals surface area contributed by atoms with Crippen molar-refractivity contribution in [1.29, 1.82) is 0 Å². The van der Waals surface area contributed by atoms with Gasteiger partial charge in [-0.25, -0.2) is 4.99 Å². The molecule has 0 radical (unpaired) electrons. The van der Waals surface area contributed by atoms with Crippen LogP contribution in [-0.4, -0.2) is 36.2 Å². The van der Waals surface area contributed by atoms with Crippen LogP contribution in [0.5, 0.6) is 0 Å². The lowest BCUT2D eigenvalue weighted by molar-refractivity contribution is -0.121. The van der Waals surface area contributed by atoms with Crippen molar-refractivity contribution in [2.24, 2.45) is 4.99 Å². The predicted octanol–water partition coefficient (Wildman–Crippen LogP) is 4.13. The van der Waals surface area contributed by atoms with E-state index in [1.807, 2.05) is 56.3 Å². The molecule has 0 aromatic heterocycles. The molecule has 0 fully saturated rings. The highest BCUT2D eigenvalue weighted by molar-refractivity contribution is 8.16. The third-order valence-corrected chi connectivity index (χ3v) is 5.81. The van der Waals surface area contributed by atoms with Gasteiger partial charge in [-0.15, -0.1) is 0 Å². The number of aryl methyl sites for hydroxylation is 1. The summed E-state index contributed by atoms with van der Waals surface area (Å²) in [5, 5.41) is 3.52. The summed E-state index contributed by atoms with van der Waals surface area (Å²) in [6.45, 7) is 1.89. The van der Waals surface area contributed by atoms with Crippen LogP contribution >= 0.6 is 23.4 Å². The Morgan fingerprint density at radius 3 is 2.56 bits per heavy atom. The molecule has 1 aliphatic rings. The molecule has 1 aliphatic heterocycles. The van der Waals surface area contributed by atoms with Gasteiger partial charge in [0.25, 0.3) is 5.91 Å². The molecule has 0 saturated heterocycles. The number of nitrogens with one attached hydrogen (secondary N) is 1. The molecule has 1 atom stereocenters. The molecule has 0 spiro atoms. The van der Waals surface area contributed by atoms with Crippen LogP contribution in [-0.2, 0) is 9.59 Å². The Hall–Kier alpha value is -2.31. The van der Waals surface area contributed by atoms with E-state index in [0.29, 0.717) is 15.8 Å². The Morgan fingerprint density at radius 2 is 1.93 bits per heavy atom. The highest BCUT2D eigenvalue weighted by Gasteiger charge is 2.31. The van der Waals surface area contributed by atoms with Crippen molar-refractivity contribution in [1.82, 2.24) is 0 Å². The molecule has 2 aromatic carbocycles. The number of carbonyl (C=O) groups excluding carboxylic acids is 2. The summed E-state index contributed by atoms with van der Waals surface area (Å²) in [5.41, 5.74) is 3.51. The number of benzene rings is 2. The van der Waals surface area contributed by atoms with Crippen molar-refractivity contribution >= 4 is 51.6 Å². The molecule has 1 N–H and O–H groups in total. The zero-order valence-electron chi connectivity index (χ0n) is 15.3. The minimum atomic E-state index is -0.505. The summed E-state index contributed by atoms with van der Waals surface area (Å²) < 4.78 is 0. The Balaban J connectivity index is 1.61. The molecule has 0 aliphatic carbocycles. The molecule has 2 aromatic rings. The number of hydrogen-bond acceptors (Lipinski definition) is 4. The number of nitrogens with zero attached hydrogens (tertiary/aromatic N) is 2. The van der Waals surface area contributed by atoms with Gasteiger partial charge in [-0.3, -0.25) is 9.59 Å². The first-order valence-corrected chi connectivity index (χ1v) is 9.72. The van der Waals surface area contributed by atoms with Crippen LogP contribution < -0.4 is 10.2 Å². The Kier molecular flexibility index (Phi) is 5.87. The van der Waals surface area contributed by atoms with Crippen LogP contribution in [0.25, 0.3) is 0 Å². The summed E-state index contributed by atoms with van der Waals surface area (Å²) >= 11 is 7.41. The maximum Gasteiger partial charge on any atom is 0.260 e. The van der Waals surface area contributed by atoms with Crippen molar-refractivity contribution in [2.75, 3.05) is 24.3 Å². The van der Waals surface area contributed by atoms with Gasteiger partial charge < -0.3 is 10.2 Å². The second kappa shape index (κ2) is 8.15. The Labute approximate surface area is 167 Å². The van der Waals surface area contributed by atoms with E-state index in [4.69, 9.17) is 11.6 Å². The zero-order valence-corrected chi connectivity index (χ0v) is 16.9. The fraction of sp³-hybridized carbons (Fsp3) is 0.250. The van der Waals surface area contributed by atoms with E-state index in [2.05, 4.69) is 10.3 Å². The number of hydrogen-bond donors (Lipinski definition) is 1. The first kappa shape index (κ1) is 19.5. The monoisotopic (exact) mass is 401 g/mol. The summed E-state index contributed by atoms with van der Waals surface area (Å²) in [6.07, 6.45) is 0.0672.